The van der Waals surface area contributed by atoms with E-state index >= 15 is 0 Å². The van der Waals surface area contributed by atoms with E-state index in [1.54, 1.807) is 12.1 Å². The topological polar surface area (TPSA) is 87.0 Å². The fourth-order valence-electron chi connectivity index (χ4n) is 2.00. The van der Waals surface area contributed by atoms with E-state index in [1.165, 1.54) is 30.0 Å². The zero-order chi connectivity index (χ0) is 18.4. The number of para-hydroxylation sites is 1. The molecule has 0 heterocycles. The third kappa shape index (κ3) is 5.23. The molecule has 2 aromatic carbocycles. The Kier molecular flexibility index (Phi) is 6.48. The number of amides is 1. The molecule has 0 atom stereocenters. The van der Waals surface area contributed by atoms with E-state index in [2.05, 4.69) is 11.4 Å². The summed E-state index contributed by atoms with van der Waals surface area (Å²) in [5, 5.41) is 11.6. The number of sulfone groups is 1. The second-order valence-corrected chi connectivity index (χ2v) is 8.68. The standard InChI is InChI=1S/C17H15ClN2O3S2/c1-25(22,23)12-7-8-14(18)13(11-12)17(21)20-15-5-2-3-6-16(15)24-10-4-9-19/h2-3,5-8,11H,4,10H2,1H3,(H,20,21). The molecule has 0 radical (unpaired) electrons. The zero-order valence-electron chi connectivity index (χ0n) is 13.3. The van der Waals surface area contributed by atoms with Crippen LogP contribution in [0.25, 0.3) is 0 Å². The summed E-state index contributed by atoms with van der Waals surface area (Å²) >= 11 is 7.51. The molecule has 2 rings (SSSR count). The number of nitrogens with zero attached hydrogens (tertiary/aromatic N) is 1. The number of hydrogen-bond donors (Lipinski definition) is 1. The highest BCUT2D eigenvalue weighted by atomic mass is 35.5. The average Bonchev–Trinajstić information content (AvgIpc) is 2.56. The number of halogens is 1. The predicted octanol–water partition coefficient (Wildman–Crippen LogP) is 4.00. The minimum atomic E-state index is -3.44. The van der Waals surface area contributed by atoms with Gasteiger partial charge in [0.25, 0.3) is 5.91 Å². The molecule has 1 amide bonds. The molecule has 0 bridgehead atoms. The van der Waals surface area contributed by atoms with E-state index in [0.29, 0.717) is 17.9 Å². The average molecular weight is 395 g/mol. The molecule has 0 unspecified atom stereocenters. The second-order valence-electron chi connectivity index (χ2n) is 5.12. The Morgan fingerprint density at radius 1 is 1.28 bits per heavy atom. The van der Waals surface area contributed by atoms with Gasteiger partial charge < -0.3 is 5.32 Å². The molecule has 8 heteroatoms. The lowest BCUT2D eigenvalue weighted by molar-refractivity contribution is 0.102. The molecular weight excluding hydrogens is 380 g/mol. The van der Waals surface area contributed by atoms with Gasteiger partial charge >= 0.3 is 0 Å². The monoisotopic (exact) mass is 394 g/mol. The molecule has 5 nitrogen and oxygen atoms in total. The molecule has 130 valence electrons. The van der Waals surface area contributed by atoms with Gasteiger partial charge in [-0.05, 0) is 30.3 Å². The van der Waals surface area contributed by atoms with Gasteiger partial charge in [0.15, 0.2) is 9.84 Å². The number of carbonyl (C=O) groups is 1. The van der Waals surface area contributed by atoms with Crippen LogP contribution in [-0.2, 0) is 9.84 Å². The van der Waals surface area contributed by atoms with Crippen LogP contribution in [0.3, 0.4) is 0 Å². The van der Waals surface area contributed by atoms with E-state index in [9.17, 15) is 13.2 Å². The minimum absolute atomic E-state index is 0.0266. The molecule has 0 aliphatic rings. The van der Waals surface area contributed by atoms with Crippen molar-refractivity contribution in [3.63, 3.8) is 0 Å². The number of anilines is 1. The maximum Gasteiger partial charge on any atom is 0.257 e. The lowest BCUT2D eigenvalue weighted by Crippen LogP contribution is -2.14. The molecule has 25 heavy (non-hydrogen) atoms. The molecule has 0 aliphatic carbocycles. The van der Waals surface area contributed by atoms with Gasteiger partial charge in [0.05, 0.1) is 27.2 Å². The highest BCUT2D eigenvalue weighted by Gasteiger charge is 2.16. The highest BCUT2D eigenvalue weighted by Crippen LogP contribution is 2.29. The van der Waals surface area contributed by atoms with Crippen molar-refractivity contribution >= 4 is 44.8 Å². The van der Waals surface area contributed by atoms with E-state index in [-0.39, 0.29) is 15.5 Å². The lowest BCUT2D eigenvalue weighted by atomic mass is 10.2. The Hall–Kier alpha value is -2.01. The predicted molar refractivity (Wildman–Crippen MR) is 99.9 cm³/mol. The fourth-order valence-corrected chi connectivity index (χ4v) is 3.71. The summed E-state index contributed by atoms with van der Waals surface area (Å²) in [5.41, 5.74) is 0.665. The Bertz CT molecular complexity index is 937. The summed E-state index contributed by atoms with van der Waals surface area (Å²) in [6.07, 6.45) is 1.47. The molecule has 0 saturated heterocycles. The van der Waals surface area contributed by atoms with Crippen molar-refractivity contribution in [3.8, 4) is 6.07 Å². The first kappa shape index (κ1) is 19.3. The van der Waals surface area contributed by atoms with Gasteiger partial charge in [-0.15, -0.1) is 11.8 Å². The van der Waals surface area contributed by atoms with Gasteiger partial charge in [-0.25, -0.2) is 8.42 Å². The van der Waals surface area contributed by atoms with Crippen molar-refractivity contribution in [2.45, 2.75) is 16.2 Å². The largest absolute Gasteiger partial charge is 0.321 e. The Labute approximate surface area is 155 Å². The molecule has 0 saturated carbocycles. The van der Waals surface area contributed by atoms with Crippen LogP contribution in [0.2, 0.25) is 5.02 Å². The summed E-state index contributed by atoms with van der Waals surface area (Å²) in [6.45, 7) is 0. The van der Waals surface area contributed by atoms with Gasteiger partial charge in [0.1, 0.15) is 0 Å². The quantitative estimate of drug-likeness (QED) is 0.591. The van der Waals surface area contributed by atoms with Gasteiger partial charge in [-0.2, -0.15) is 5.26 Å². The number of carbonyl (C=O) groups excluding carboxylic acids is 1. The maximum absolute atomic E-state index is 12.5. The third-order valence-corrected chi connectivity index (χ3v) is 5.73. The van der Waals surface area contributed by atoms with Crippen LogP contribution < -0.4 is 5.32 Å². The molecule has 2 aromatic rings. The summed E-state index contributed by atoms with van der Waals surface area (Å²) in [5.74, 6) is 0.108. The second kappa shape index (κ2) is 8.39. The number of thioether (sulfide) groups is 1. The first-order chi connectivity index (χ1) is 11.8. The van der Waals surface area contributed by atoms with Gasteiger partial charge in [-0.3, -0.25) is 4.79 Å². The van der Waals surface area contributed by atoms with Crippen molar-refractivity contribution in [3.05, 3.63) is 53.1 Å². The molecule has 1 N–H and O–H groups in total. The summed E-state index contributed by atoms with van der Waals surface area (Å²) < 4.78 is 23.3. The summed E-state index contributed by atoms with van der Waals surface area (Å²) in [4.78, 5) is 13.4. The van der Waals surface area contributed by atoms with Crippen LogP contribution in [0.15, 0.2) is 52.3 Å². The number of nitrogens with one attached hydrogen (secondary N) is 1. The zero-order valence-corrected chi connectivity index (χ0v) is 15.7. The smallest absolute Gasteiger partial charge is 0.257 e. The summed E-state index contributed by atoms with van der Waals surface area (Å²) in [7, 11) is -3.44. The highest BCUT2D eigenvalue weighted by molar-refractivity contribution is 7.99. The first-order valence-electron chi connectivity index (χ1n) is 7.22. The number of nitriles is 1. The molecule has 0 aromatic heterocycles. The Morgan fingerprint density at radius 2 is 2.00 bits per heavy atom. The van der Waals surface area contributed by atoms with Gasteiger partial charge in [0.2, 0.25) is 0 Å². The lowest BCUT2D eigenvalue weighted by Gasteiger charge is -2.11. The maximum atomic E-state index is 12.5. The summed E-state index contributed by atoms with van der Waals surface area (Å²) in [6, 6.07) is 13.3. The molecule has 0 aliphatic heterocycles. The fraction of sp³-hybridized carbons (Fsp3) is 0.176. The molecular formula is C17H15ClN2O3S2. The third-order valence-electron chi connectivity index (χ3n) is 3.22. The van der Waals surface area contributed by atoms with Gasteiger partial charge in [0, 0.05) is 23.3 Å². The van der Waals surface area contributed by atoms with Crippen molar-refractivity contribution < 1.29 is 13.2 Å². The van der Waals surface area contributed by atoms with E-state index in [4.69, 9.17) is 16.9 Å². The number of benzene rings is 2. The molecule has 0 spiro atoms. The Balaban J connectivity index is 2.28. The first-order valence-corrected chi connectivity index (χ1v) is 10.5. The van der Waals surface area contributed by atoms with Crippen LogP contribution in [0, 0.1) is 11.3 Å². The van der Waals surface area contributed by atoms with Crippen LogP contribution in [-0.4, -0.2) is 26.3 Å². The Morgan fingerprint density at radius 3 is 2.68 bits per heavy atom. The van der Waals surface area contributed by atoms with Crippen LogP contribution in [0.1, 0.15) is 16.8 Å². The number of rotatable bonds is 6. The van der Waals surface area contributed by atoms with Crippen molar-refractivity contribution in [2.75, 3.05) is 17.3 Å². The van der Waals surface area contributed by atoms with E-state index in [1.807, 2.05) is 12.1 Å². The van der Waals surface area contributed by atoms with E-state index < -0.39 is 15.7 Å². The van der Waals surface area contributed by atoms with Gasteiger partial charge in [-0.1, -0.05) is 23.7 Å². The SMILES string of the molecule is CS(=O)(=O)c1ccc(Cl)c(C(=O)Nc2ccccc2SCCC#N)c1. The van der Waals surface area contributed by atoms with Crippen molar-refractivity contribution in [1.82, 2.24) is 0 Å². The van der Waals surface area contributed by atoms with Crippen LogP contribution in [0.5, 0.6) is 0 Å². The van der Waals surface area contributed by atoms with Crippen LogP contribution in [0.4, 0.5) is 5.69 Å². The number of hydrogen-bond acceptors (Lipinski definition) is 5. The normalized spacial score (nSPS) is 10.9. The minimum Gasteiger partial charge on any atom is -0.321 e. The van der Waals surface area contributed by atoms with Crippen LogP contribution >= 0.6 is 23.4 Å². The van der Waals surface area contributed by atoms with Crippen molar-refractivity contribution in [2.24, 2.45) is 0 Å². The van der Waals surface area contributed by atoms with Crippen molar-refractivity contribution in [1.29, 1.82) is 5.26 Å². The van der Waals surface area contributed by atoms with E-state index in [0.717, 1.165) is 11.2 Å². The molecule has 0 fully saturated rings.